The molecule has 2 aliphatic heterocycles. The number of piperazine rings is 1. The first kappa shape index (κ1) is 22.4. The molecular formula is C26H28N4O3S. The predicted molar refractivity (Wildman–Crippen MR) is 134 cm³/mol. The topological polar surface area (TPSA) is 81.8 Å². The summed E-state index contributed by atoms with van der Waals surface area (Å²) in [4.78, 5) is 17.6. The number of nitrogens with zero attached hydrogens (tertiary/aromatic N) is 2. The number of carbonyl (C=O) groups excluding carboxylic acids is 1. The molecule has 0 bridgehead atoms. The summed E-state index contributed by atoms with van der Waals surface area (Å²) in [5, 5.41) is 3.22. The molecule has 34 heavy (non-hydrogen) atoms. The van der Waals surface area contributed by atoms with Crippen LogP contribution in [0.3, 0.4) is 0 Å². The normalized spacial score (nSPS) is 19.3. The maximum atomic E-state index is 13.1. The van der Waals surface area contributed by atoms with Crippen LogP contribution < -0.4 is 14.9 Å². The third kappa shape index (κ3) is 4.15. The van der Waals surface area contributed by atoms with Crippen LogP contribution in [0.5, 0.6) is 0 Å². The zero-order valence-corrected chi connectivity index (χ0v) is 20.1. The third-order valence-electron chi connectivity index (χ3n) is 6.72. The molecule has 176 valence electrons. The SMILES string of the molecule is Cc1cccc(N2CCN(C(=O)c3ccc([C@H]4Nc5ccccc5S(=O)(=O)N4)cc3)CC2)c1C. The first-order valence-electron chi connectivity index (χ1n) is 11.4. The fraction of sp³-hybridized carbons (Fsp3) is 0.269. The molecule has 1 fully saturated rings. The van der Waals surface area contributed by atoms with Gasteiger partial charge in [-0.3, -0.25) is 4.79 Å². The van der Waals surface area contributed by atoms with E-state index in [9.17, 15) is 13.2 Å². The molecule has 0 saturated carbocycles. The third-order valence-corrected chi connectivity index (χ3v) is 8.21. The molecule has 8 heteroatoms. The van der Waals surface area contributed by atoms with Gasteiger partial charge in [-0.2, -0.15) is 4.72 Å². The fourth-order valence-corrected chi connectivity index (χ4v) is 5.91. The largest absolute Gasteiger partial charge is 0.368 e. The summed E-state index contributed by atoms with van der Waals surface area (Å²) in [5.41, 5.74) is 5.70. The molecule has 0 radical (unpaired) electrons. The van der Waals surface area contributed by atoms with Gasteiger partial charge in [0, 0.05) is 37.4 Å². The minimum Gasteiger partial charge on any atom is -0.368 e. The summed E-state index contributed by atoms with van der Waals surface area (Å²) in [6.45, 7) is 7.17. The molecule has 1 amide bonds. The van der Waals surface area contributed by atoms with Gasteiger partial charge in [0.05, 0.1) is 5.69 Å². The Bertz CT molecular complexity index is 1330. The van der Waals surface area contributed by atoms with Gasteiger partial charge < -0.3 is 15.1 Å². The zero-order valence-electron chi connectivity index (χ0n) is 19.3. The Labute approximate surface area is 200 Å². The van der Waals surface area contributed by atoms with Crippen LogP contribution in [0.2, 0.25) is 0 Å². The number of benzene rings is 3. The molecule has 1 atom stereocenters. The average molecular weight is 477 g/mol. The van der Waals surface area contributed by atoms with E-state index in [0.717, 1.165) is 18.7 Å². The Hall–Kier alpha value is -3.36. The molecule has 7 nitrogen and oxygen atoms in total. The Morgan fingerprint density at radius 3 is 2.32 bits per heavy atom. The summed E-state index contributed by atoms with van der Waals surface area (Å²) in [6.07, 6.45) is -0.592. The number of carbonyl (C=O) groups is 1. The maximum Gasteiger partial charge on any atom is 0.253 e. The molecule has 5 rings (SSSR count). The van der Waals surface area contributed by atoms with E-state index < -0.39 is 16.2 Å². The van der Waals surface area contributed by atoms with Crippen LogP contribution in [-0.2, 0) is 10.0 Å². The molecule has 3 aromatic rings. The van der Waals surface area contributed by atoms with Crippen molar-refractivity contribution in [2.75, 3.05) is 36.4 Å². The molecule has 1 saturated heterocycles. The van der Waals surface area contributed by atoms with Gasteiger partial charge in [0.2, 0.25) is 10.0 Å². The lowest BCUT2D eigenvalue weighted by atomic mass is 10.1. The van der Waals surface area contributed by atoms with Gasteiger partial charge in [-0.15, -0.1) is 0 Å². The minimum absolute atomic E-state index is 0.00491. The number of aryl methyl sites for hydroxylation is 1. The number of amides is 1. The highest BCUT2D eigenvalue weighted by atomic mass is 32.2. The lowest BCUT2D eigenvalue weighted by molar-refractivity contribution is 0.0746. The number of rotatable bonds is 3. The van der Waals surface area contributed by atoms with E-state index in [-0.39, 0.29) is 10.8 Å². The van der Waals surface area contributed by atoms with Crippen LogP contribution in [0.15, 0.2) is 71.6 Å². The van der Waals surface area contributed by atoms with E-state index in [1.807, 2.05) is 4.90 Å². The zero-order chi connectivity index (χ0) is 23.9. The van der Waals surface area contributed by atoms with Crippen LogP contribution >= 0.6 is 0 Å². The van der Waals surface area contributed by atoms with Crippen LogP contribution in [0.4, 0.5) is 11.4 Å². The van der Waals surface area contributed by atoms with Gasteiger partial charge in [-0.05, 0) is 60.9 Å². The highest BCUT2D eigenvalue weighted by molar-refractivity contribution is 7.89. The van der Waals surface area contributed by atoms with Gasteiger partial charge in [0.15, 0.2) is 0 Å². The lowest BCUT2D eigenvalue weighted by Crippen LogP contribution is -2.49. The van der Waals surface area contributed by atoms with Gasteiger partial charge in [-0.25, -0.2) is 8.42 Å². The Morgan fingerprint density at radius 1 is 0.882 bits per heavy atom. The highest BCUT2D eigenvalue weighted by Crippen LogP contribution is 2.31. The number of sulfonamides is 1. The highest BCUT2D eigenvalue weighted by Gasteiger charge is 2.30. The van der Waals surface area contributed by atoms with Crippen LogP contribution in [0, 0.1) is 13.8 Å². The number of fused-ring (bicyclic) bond motifs is 1. The number of nitrogens with one attached hydrogen (secondary N) is 2. The molecule has 2 aliphatic rings. The first-order valence-corrected chi connectivity index (χ1v) is 12.9. The molecular weight excluding hydrogens is 448 g/mol. The fourth-order valence-electron chi connectivity index (χ4n) is 4.60. The quantitative estimate of drug-likeness (QED) is 0.603. The van der Waals surface area contributed by atoms with Crippen LogP contribution in [0.25, 0.3) is 0 Å². The van der Waals surface area contributed by atoms with E-state index in [1.54, 1.807) is 48.5 Å². The van der Waals surface area contributed by atoms with Gasteiger partial charge >= 0.3 is 0 Å². The van der Waals surface area contributed by atoms with E-state index in [1.165, 1.54) is 16.8 Å². The van der Waals surface area contributed by atoms with Crippen molar-refractivity contribution < 1.29 is 13.2 Å². The number of para-hydroxylation sites is 1. The van der Waals surface area contributed by atoms with Crippen molar-refractivity contribution >= 4 is 27.3 Å². The second-order valence-corrected chi connectivity index (χ2v) is 10.5. The van der Waals surface area contributed by atoms with Crippen LogP contribution in [-0.4, -0.2) is 45.4 Å². The predicted octanol–water partition coefficient (Wildman–Crippen LogP) is 3.67. The number of hydrogen-bond donors (Lipinski definition) is 2. The minimum atomic E-state index is -3.61. The number of anilines is 2. The standard InChI is InChI=1S/C26H28N4O3S/c1-18-6-5-8-23(19(18)2)29-14-16-30(17-15-29)26(31)21-12-10-20(11-13-21)25-27-22-7-3-4-9-24(22)34(32,33)28-25/h3-13,25,27-28H,14-17H2,1-2H3/t25-/m0/s1. The Kier molecular flexibility index (Phi) is 5.79. The smallest absolute Gasteiger partial charge is 0.253 e. The molecule has 2 N–H and O–H groups in total. The summed E-state index contributed by atoms with van der Waals surface area (Å²) in [7, 11) is -3.61. The molecule has 3 aromatic carbocycles. The van der Waals surface area contributed by atoms with Crippen molar-refractivity contribution in [1.29, 1.82) is 0 Å². The van der Waals surface area contributed by atoms with E-state index in [2.05, 4.69) is 47.0 Å². The lowest BCUT2D eigenvalue weighted by Gasteiger charge is -2.37. The monoisotopic (exact) mass is 476 g/mol. The maximum absolute atomic E-state index is 13.1. The Balaban J connectivity index is 1.26. The molecule has 0 spiro atoms. The first-order chi connectivity index (χ1) is 16.3. The van der Waals surface area contributed by atoms with Gasteiger partial charge in [0.25, 0.3) is 5.91 Å². The summed E-state index contributed by atoms with van der Waals surface area (Å²) >= 11 is 0. The van der Waals surface area contributed by atoms with Crippen LogP contribution in [0.1, 0.15) is 33.2 Å². The molecule has 0 aromatic heterocycles. The van der Waals surface area contributed by atoms with E-state index in [0.29, 0.717) is 24.3 Å². The van der Waals surface area contributed by atoms with Crippen molar-refractivity contribution in [3.63, 3.8) is 0 Å². The van der Waals surface area contributed by atoms with E-state index in [4.69, 9.17) is 0 Å². The molecule has 2 heterocycles. The second-order valence-electron chi connectivity index (χ2n) is 8.82. The Morgan fingerprint density at radius 2 is 1.59 bits per heavy atom. The molecule has 0 unspecified atom stereocenters. The van der Waals surface area contributed by atoms with Crippen molar-refractivity contribution in [3.8, 4) is 0 Å². The van der Waals surface area contributed by atoms with Gasteiger partial charge in [-0.1, -0.05) is 36.4 Å². The van der Waals surface area contributed by atoms with Crippen molar-refractivity contribution in [3.05, 3.63) is 89.0 Å². The van der Waals surface area contributed by atoms with Gasteiger partial charge in [0.1, 0.15) is 11.1 Å². The van der Waals surface area contributed by atoms with E-state index >= 15 is 0 Å². The summed E-state index contributed by atoms with van der Waals surface area (Å²) in [5.74, 6) is -0.00491. The molecule has 0 aliphatic carbocycles. The van der Waals surface area contributed by atoms with Crippen molar-refractivity contribution in [1.82, 2.24) is 9.62 Å². The second kappa shape index (κ2) is 8.77. The summed E-state index contributed by atoms with van der Waals surface area (Å²) in [6, 6.07) is 20.3. The van der Waals surface area contributed by atoms with Crippen molar-refractivity contribution in [2.45, 2.75) is 24.9 Å². The number of hydrogen-bond acceptors (Lipinski definition) is 5. The summed E-state index contributed by atoms with van der Waals surface area (Å²) < 4.78 is 27.8. The van der Waals surface area contributed by atoms with Crippen molar-refractivity contribution in [2.24, 2.45) is 0 Å². The average Bonchev–Trinajstić information content (AvgIpc) is 2.85.